The second-order valence-corrected chi connectivity index (χ2v) is 6.02. The van der Waals surface area contributed by atoms with E-state index in [4.69, 9.17) is 5.73 Å². The van der Waals surface area contributed by atoms with Crippen molar-refractivity contribution in [2.75, 3.05) is 19.3 Å². The van der Waals surface area contributed by atoms with Gasteiger partial charge in [-0.05, 0) is 12.1 Å². The lowest BCUT2D eigenvalue weighted by atomic mass is 10.0. The van der Waals surface area contributed by atoms with Crippen molar-refractivity contribution in [3.63, 3.8) is 0 Å². The second-order valence-electron chi connectivity index (χ2n) is 6.02. The molecule has 1 aromatic carbocycles. The Bertz CT molecular complexity index is 565. The Kier molecular flexibility index (Phi) is 3.45. The number of hydrogen-bond donors (Lipinski definition) is 1. The average molecular weight is 268 g/mol. The van der Waals surface area contributed by atoms with Crippen LogP contribution in [0, 0.1) is 0 Å². The van der Waals surface area contributed by atoms with E-state index in [2.05, 4.69) is 48.4 Å². The molecule has 1 aliphatic heterocycles. The minimum atomic E-state index is 0.531. The fraction of sp³-hybridized carbons (Fsp3) is 0.353. The van der Waals surface area contributed by atoms with Crippen molar-refractivity contribution in [3.8, 4) is 0 Å². The van der Waals surface area contributed by atoms with Crippen LogP contribution in [0.1, 0.15) is 30.0 Å². The van der Waals surface area contributed by atoms with Crippen molar-refractivity contribution >= 4 is 5.82 Å². The minimum absolute atomic E-state index is 0.531. The molecule has 3 nitrogen and oxygen atoms in total. The van der Waals surface area contributed by atoms with E-state index in [-0.39, 0.29) is 0 Å². The van der Waals surface area contributed by atoms with Crippen LogP contribution >= 0.6 is 0 Å². The Morgan fingerprint density at radius 3 is 2.70 bits per heavy atom. The Morgan fingerprint density at radius 1 is 1.20 bits per heavy atom. The zero-order valence-corrected chi connectivity index (χ0v) is 12.0. The number of nitrogen functional groups attached to an aromatic ring is 1. The molecule has 1 unspecified atom stereocenters. The van der Waals surface area contributed by atoms with Gasteiger partial charge >= 0.3 is 0 Å². The molecule has 2 N–H and O–H groups in total. The van der Waals surface area contributed by atoms with Gasteiger partial charge in [0.05, 0.1) is 13.6 Å². The minimum Gasteiger partial charge on any atom is -0.384 e. The average Bonchev–Trinajstić information content (AvgIpc) is 2.82. The van der Waals surface area contributed by atoms with E-state index in [0.29, 0.717) is 11.9 Å². The maximum atomic E-state index is 5.70. The third-order valence-corrected chi connectivity index (χ3v) is 4.48. The highest BCUT2D eigenvalue weighted by molar-refractivity contribution is 5.30. The standard InChI is InChI=1S/C17H22N3/c1-20(13-14-6-3-2-4-7-14)11-5-8-16(20)15-9-10-17(18)19-12-15/h2-4,6-7,9-10,12,16H,5,8,11,13H2,1H3,(H2,18,19)/q+1/t16-,20?/m0/s1. The normalized spacial score (nSPS) is 25.8. The van der Waals surface area contributed by atoms with Gasteiger partial charge in [-0.25, -0.2) is 4.98 Å². The van der Waals surface area contributed by atoms with Crippen LogP contribution in [0.15, 0.2) is 48.7 Å². The number of pyridine rings is 1. The number of benzene rings is 1. The number of quaternary nitrogens is 1. The van der Waals surface area contributed by atoms with Crippen LogP contribution in [-0.4, -0.2) is 23.1 Å². The molecule has 0 radical (unpaired) electrons. The van der Waals surface area contributed by atoms with E-state index in [1.807, 2.05) is 12.3 Å². The number of anilines is 1. The summed E-state index contributed by atoms with van der Waals surface area (Å²) in [7, 11) is 2.36. The first-order valence-electron chi connectivity index (χ1n) is 7.27. The largest absolute Gasteiger partial charge is 0.384 e. The summed E-state index contributed by atoms with van der Waals surface area (Å²) in [5.74, 6) is 0.601. The van der Waals surface area contributed by atoms with E-state index >= 15 is 0 Å². The zero-order chi connectivity index (χ0) is 14.0. The molecule has 3 rings (SSSR count). The van der Waals surface area contributed by atoms with Crippen LogP contribution in [0.5, 0.6) is 0 Å². The predicted molar refractivity (Wildman–Crippen MR) is 81.8 cm³/mol. The van der Waals surface area contributed by atoms with E-state index < -0.39 is 0 Å². The Labute approximate surface area is 120 Å². The molecule has 20 heavy (non-hydrogen) atoms. The van der Waals surface area contributed by atoms with Crippen molar-refractivity contribution < 1.29 is 4.48 Å². The maximum absolute atomic E-state index is 5.70. The highest BCUT2D eigenvalue weighted by atomic mass is 15.4. The lowest BCUT2D eigenvalue weighted by molar-refractivity contribution is -0.939. The van der Waals surface area contributed by atoms with Gasteiger partial charge < -0.3 is 10.2 Å². The van der Waals surface area contributed by atoms with Crippen molar-refractivity contribution in [1.82, 2.24) is 4.98 Å². The van der Waals surface area contributed by atoms with Gasteiger partial charge in [-0.1, -0.05) is 30.3 Å². The summed E-state index contributed by atoms with van der Waals surface area (Å²) in [5, 5.41) is 0. The van der Waals surface area contributed by atoms with E-state index in [9.17, 15) is 0 Å². The maximum Gasteiger partial charge on any atom is 0.123 e. The molecular weight excluding hydrogens is 246 g/mol. The second kappa shape index (κ2) is 5.25. The third kappa shape index (κ3) is 2.54. The van der Waals surface area contributed by atoms with E-state index in [1.165, 1.54) is 30.5 Å². The first-order valence-corrected chi connectivity index (χ1v) is 7.27. The molecule has 0 amide bonds. The summed E-state index contributed by atoms with van der Waals surface area (Å²) in [6.45, 7) is 2.31. The number of rotatable bonds is 3. The number of nitrogens with two attached hydrogens (primary N) is 1. The Balaban J connectivity index is 1.85. The summed E-state index contributed by atoms with van der Waals surface area (Å²) < 4.78 is 1.07. The van der Waals surface area contributed by atoms with Crippen molar-refractivity contribution in [2.24, 2.45) is 0 Å². The van der Waals surface area contributed by atoms with Crippen LogP contribution in [-0.2, 0) is 6.54 Å². The molecule has 0 bridgehead atoms. The van der Waals surface area contributed by atoms with Crippen LogP contribution in [0.3, 0.4) is 0 Å². The Hall–Kier alpha value is -1.87. The number of likely N-dealkylation sites (tertiary alicyclic amines) is 1. The fourth-order valence-electron chi connectivity index (χ4n) is 3.44. The number of hydrogen-bond acceptors (Lipinski definition) is 2. The lowest BCUT2D eigenvalue weighted by Crippen LogP contribution is -2.42. The monoisotopic (exact) mass is 268 g/mol. The molecule has 1 aliphatic rings. The van der Waals surface area contributed by atoms with Crippen LogP contribution in [0.25, 0.3) is 0 Å². The molecule has 1 aromatic heterocycles. The smallest absolute Gasteiger partial charge is 0.123 e. The van der Waals surface area contributed by atoms with Crippen molar-refractivity contribution in [1.29, 1.82) is 0 Å². The van der Waals surface area contributed by atoms with E-state index in [0.717, 1.165) is 11.0 Å². The third-order valence-electron chi connectivity index (χ3n) is 4.48. The summed E-state index contributed by atoms with van der Waals surface area (Å²) in [5.41, 5.74) is 8.42. The Morgan fingerprint density at radius 2 is 2.00 bits per heavy atom. The van der Waals surface area contributed by atoms with Crippen molar-refractivity contribution in [3.05, 3.63) is 59.8 Å². The SMILES string of the molecule is C[N+]1(Cc2ccccc2)CCC[C@H]1c1ccc(N)nc1. The molecule has 1 saturated heterocycles. The topological polar surface area (TPSA) is 38.9 Å². The predicted octanol–water partition coefficient (Wildman–Crippen LogP) is 3.15. The van der Waals surface area contributed by atoms with Gasteiger partial charge in [0.2, 0.25) is 0 Å². The van der Waals surface area contributed by atoms with Gasteiger partial charge in [0, 0.05) is 30.2 Å². The van der Waals surface area contributed by atoms with Crippen LogP contribution in [0.2, 0.25) is 0 Å². The summed E-state index contributed by atoms with van der Waals surface area (Å²) in [4.78, 5) is 4.26. The number of aromatic nitrogens is 1. The van der Waals surface area contributed by atoms with Gasteiger partial charge in [-0.2, -0.15) is 0 Å². The van der Waals surface area contributed by atoms with Gasteiger partial charge in [0.25, 0.3) is 0 Å². The molecular formula is C17H22N3+. The summed E-state index contributed by atoms with van der Waals surface area (Å²) in [6.07, 6.45) is 4.46. The first-order chi connectivity index (χ1) is 9.67. The molecule has 3 heteroatoms. The highest BCUT2D eigenvalue weighted by Gasteiger charge is 2.39. The van der Waals surface area contributed by atoms with Crippen LogP contribution < -0.4 is 5.73 Å². The summed E-state index contributed by atoms with van der Waals surface area (Å²) in [6, 6.07) is 15.4. The molecule has 1 fully saturated rings. The first kappa shape index (κ1) is 13.1. The number of nitrogens with zero attached hydrogens (tertiary/aromatic N) is 2. The lowest BCUT2D eigenvalue weighted by Gasteiger charge is -2.36. The molecule has 0 saturated carbocycles. The quantitative estimate of drug-likeness (QED) is 0.869. The van der Waals surface area contributed by atoms with Crippen molar-refractivity contribution in [2.45, 2.75) is 25.4 Å². The van der Waals surface area contributed by atoms with Gasteiger partial charge in [-0.15, -0.1) is 0 Å². The highest BCUT2D eigenvalue weighted by Crippen LogP contribution is 2.39. The molecule has 0 spiro atoms. The molecule has 2 atom stereocenters. The van der Waals surface area contributed by atoms with E-state index in [1.54, 1.807) is 0 Å². The summed E-state index contributed by atoms with van der Waals surface area (Å²) >= 11 is 0. The fourth-order valence-corrected chi connectivity index (χ4v) is 3.44. The molecule has 2 aromatic rings. The molecule has 104 valence electrons. The van der Waals surface area contributed by atoms with Gasteiger partial charge in [-0.3, -0.25) is 0 Å². The van der Waals surface area contributed by atoms with Gasteiger partial charge in [0.1, 0.15) is 18.4 Å². The molecule has 2 heterocycles. The molecule has 0 aliphatic carbocycles. The zero-order valence-electron chi connectivity index (χ0n) is 12.0. The van der Waals surface area contributed by atoms with Gasteiger partial charge in [0.15, 0.2) is 0 Å². The van der Waals surface area contributed by atoms with Crippen LogP contribution in [0.4, 0.5) is 5.82 Å².